The third-order valence-electron chi connectivity index (χ3n) is 16.4. The predicted octanol–water partition coefficient (Wildman–Crippen LogP) is -3.16. The summed E-state index contributed by atoms with van der Waals surface area (Å²) in [5, 5.41) is 56.0. The molecule has 1 fully saturated rings. The van der Waals surface area contributed by atoms with Crippen LogP contribution in [0.1, 0.15) is 66.1 Å². The normalized spacial score (nSPS) is 21.4. The lowest BCUT2D eigenvalue weighted by Crippen LogP contribution is -2.61. The number of aromatic nitrogens is 2. The second kappa shape index (κ2) is 38.3. The van der Waals surface area contributed by atoms with E-state index in [1.807, 2.05) is 0 Å². The van der Waals surface area contributed by atoms with Crippen LogP contribution >= 0.6 is 0 Å². The number of imidazole rings is 1. The number of rotatable bonds is 23. The van der Waals surface area contributed by atoms with Crippen molar-refractivity contribution in [3.05, 3.63) is 186 Å². The van der Waals surface area contributed by atoms with Gasteiger partial charge in [-0.25, -0.2) is 4.98 Å². The number of hydrogen-bond acceptors (Lipinski definition) is 18. The first-order valence-corrected chi connectivity index (χ1v) is 32.8. The third kappa shape index (κ3) is 25.0. The maximum absolute atomic E-state index is 15.4. The number of nitrogens with one attached hydrogen (secondary N) is 13. The van der Waals surface area contributed by atoms with Crippen LogP contribution in [0.2, 0.25) is 0 Å². The molecule has 32 heteroatoms. The molecule has 1 aliphatic heterocycles. The number of primary amides is 1. The largest absolute Gasteiger partial charge is 0.508 e. The molecule has 0 spiro atoms. The van der Waals surface area contributed by atoms with Crippen molar-refractivity contribution in [2.75, 3.05) is 13.1 Å². The molecule has 1 saturated heterocycles. The molecule has 7 rings (SSSR count). The number of nitrogens with two attached hydrogens (primary N) is 4. The lowest BCUT2D eigenvalue weighted by Gasteiger charge is -2.28. The van der Waals surface area contributed by atoms with Gasteiger partial charge in [-0.15, -0.1) is 0 Å². The summed E-state index contributed by atoms with van der Waals surface area (Å²) in [6, 6.07) is 18.4. The number of phenolic OH excluding ortho intramolecular Hbond substituents is 2. The average Bonchev–Trinajstić information content (AvgIpc) is 0.969. The first kappa shape index (κ1) is 77.3. The van der Waals surface area contributed by atoms with E-state index in [-0.39, 0.29) is 68.7 Å². The minimum Gasteiger partial charge on any atom is -0.508 e. The van der Waals surface area contributed by atoms with Crippen LogP contribution in [0.4, 0.5) is 0 Å². The second-order valence-corrected chi connectivity index (χ2v) is 24.6. The summed E-state index contributed by atoms with van der Waals surface area (Å²) in [6.45, 7) is 0.476. The summed E-state index contributed by atoms with van der Waals surface area (Å²) < 4.78 is 0. The highest BCUT2D eigenvalue weighted by Gasteiger charge is 2.38. The molecule has 23 N–H and O–H groups in total. The Morgan fingerprint density at radius 1 is 0.510 bits per heavy atom. The van der Waals surface area contributed by atoms with Gasteiger partial charge in [-0.1, -0.05) is 115 Å². The number of Topliss-reactive ketones (excluding diaryl/α,β-unsaturated/α-hetero) is 1. The molecule has 0 bridgehead atoms. The van der Waals surface area contributed by atoms with E-state index in [4.69, 9.17) is 28.3 Å². The Morgan fingerprint density at radius 2 is 0.951 bits per heavy atom. The zero-order valence-electron chi connectivity index (χ0n) is 55.8. The maximum atomic E-state index is 15.4. The number of phenols is 2. The van der Waals surface area contributed by atoms with Crippen LogP contribution in [0.3, 0.4) is 0 Å². The Kier molecular flexibility index (Phi) is 29.1. The van der Waals surface area contributed by atoms with Gasteiger partial charge in [0.15, 0.2) is 11.7 Å². The van der Waals surface area contributed by atoms with Crippen molar-refractivity contribution in [2.24, 2.45) is 22.9 Å². The lowest BCUT2D eigenvalue weighted by molar-refractivity contribution is -0.136. The molecular weight excluding hydrogens is 1320 g/mol. The fourth-order valence-corrected chi connectivity index (χ4v) is 10.9. The average molecular weight is 1400 g/mol. The van der Waals surface area contributed by atoms with Crippen molar-refractivity contribution in [1.29, 1.82) is 5.41 Å². The summed E-state index contributed by atoms with van der Waals surface area (Å²) in [7, 11) is 0. The van der Waals surface area contributed by atoms with Crippen LogP contribution in [-0.4, -0.2) is 176 Å². The van der Waals surface area contributed by atoms with Gasteiger partial charge >= 0.3 is 0 Å². The number of aromatic hydroxyl groups is 2. The van der Waals surface area contributed by atoms with E-state index in [1.54, 1.807) is 91.0 Å². The molecule has 11 atom stereocenters. The Labute approximate surface area is 586 Å². The summed E-state index contributed by atoms with van der Waals surface area (Å²) in [6.07, 6.45) is -0.827. The van der Waals surface area contributed by atoms with Crippen LogP contribution in [0.5, 0.6) is 11.5 Å². The molecule has 0 aliphatic carbocycles. The van der Waals surface area contributed by atoms with E-state index >= 15 is 14.4 Å². The number of nitrogens with zero attached hydrogens (tertiary/aromatic N) is 1. The predicted molar refractivity (Wildman–Crippen MR) is 371 cm³/mol. The minimum atomic E-state index is -1.98. The molecule has 1 aliphatic rings. The number of aromatic amines is 1. The van der Waals surface area contributed by atoms with Crippen LogP contribution < -0.4 is 81.4 Å². The van der Waals surface area contributed by atoms with Crippen LogP contribution in [0, 0.1) is 5.41 Å². The molecule has 32 nitrogen and oxygen atoms in total. The Hall–Kier alpha value is -12.1. The summed E-state index contributed by atoms with van der Waals surface area (Å²) in [5.41, 5.74) is 26.7. The number of amides is 11. The van der Waals surface area contributed by atoms with Crippen molar-refractivity contribution >= 4 is 76.7 Å². The molecule has 102 heavy (non-hydrogen) atoms. The number of ketones is 1. The molecule has 0 radical (unpaired) electrons. The van der Waals surface area contributed by atoms with E-state index in [0.717, 1.165) is 0 Å². The Balaban J connectivity index is 1.34. The Bertz CT molecular complexity index is 3870. The highest BCUT2D eigenvalue weighted by atomic mass is 16.3. The molecule has 540 valence electrons. The van der Waals surface area contributed by atoms with Crippen molar-refractivity contribution in [1.82, 2.24) is 68.5 Å². The van der Waals surface area contributed by atoms with Gasteiger partial charge < -0.3 is 96.6 Å². The van der Waals surface area contributed by atoms with Gasteiger partial charge in [0.05, 0.1) is 43.0 Å². The lowest BCUT2D eigenvalue weighted by atomic mass is 9.96. The first-order valence-electron chi connectivity index (χ1n) is 32.8. The molecule has 0 unspecified atom stereocenters. The number of guanidine groups is 1. The Morgan fingerprint density at radius 3 is 1.44 bits per heavy atom. The molecule has 11 amide bonds. The molecule has 6 aromatic rings. The van der Waals surface area contributed by atoms with E-state index in [0.29, 0.717) is 27.8 Å². The second-order valence-electron chi connectivity index (χ2n) is 24.6. The molecule has 0 saturated carbocycles. The molecule has 1 aromatic heterocycles. The number of hydrogen-bond donors (Lipinski definition) is 19. The number of benzene rings is 5. The van der Waals surface area contributed by atoms with Crippen LogP contribution in [-0.2, 0) is 96.1 Å². The fraction of sp³-hybridized carbons (Fsp3) is 0.343. The third-order valence-corrected chi connectivity index (χ3v) is 16.4. The van der Waals surface area contributed by atoms with Gasteiger partial charge in [0.25, 0.3) is 0 Å². The van der Waals surface area contributed by atoms with E-state index in [9.17, 15) is 53.4 Å². The van der Waals surface area contributed by atoms with Gasteiger partial charge in [0.2, 0.25) is 65.0 Å². The zero-order chi connectivity index (χ0) is 73.8. The number of carbonyl (C=O) groups is 12. The SMILES string of the molecule is C[C@@H]1NC(=O)[C@H](CC(N)=O)NC(=O)[C@H](Cc2ccccc2)NC(=O)[C@H](Cc2ccccc2)NC(=O)[C@H](CCCNC(=N)N)NC(=O)[C@H](Cc2c[nH]cn2)NC(=O)[C@@H](NC(=O)[C@@H](N)Cc2ccc(O)cc2)CC(=O)N[C@@H](CNC(=O)[C@@H](N)Cc2ccc(O)cc2)C(=O)[C@H](Cc2ccccc2)NC1=O. The van der Waals surface area contributed by atoms with Gasteiger partial charge in [-0.2, -0.15) is 0 Å². The smallest absolute Gasteiger partial charge is 0.243 e. The summed E-state index contributed by atoms with van der Waals surface area (Å²) >= 11 is 0. The highest BCUT2D eigenvalue weighted by Crippen LogP contribution is 2.16. The van der Waals surface area contributed by atoms with Crippen LogP contribution in [0.25, 0.3) is 0 Å². The van der Waals surface area contributed by atoms with Crippen molar-refractivity contribution in [2.45, 2.75) is 138 Å². The molecule has 2 heterocycles. The van der Waals surface area contributed by atoms with Crippen molar-refractivity contribution < 1.29 is 67.7 Å². The molecular formula is C70H86N18O14. The van der Waals surface area contributed by atoms with Gasteiger partial charge in [0, 0.05) is 38.5 Å². The first-order chi connectivity index (χ1) is 48.8. The topological polar surface area (TPSA) is 534 Å². The van der Waals surface area contributed by atoms with Gasteiger partial charge in [-0.05, 0) is 91.1 Å². The van der Waals surface area contributed by atoms with Crippen molar-refractivity contribution in [3.8, 4) is 11.5 Å². The minimum absolute atomic E-state index is 0.00743. The maximum Gasteiger partial charge on any atom is 0.243 e. The van der Waals surface area contributed by atoms with E-state index < -0.39 is 169 Å². The monoisotopic (exact) mass is 1400 g/mol. The standard InChI is InChI=1S/C70H86N18O14/c1-39-61(94)83-51(30-40-12-5-2-6-13-40)60(93)57(37-78-62(95)48(71)28-43-19-23-46(89)24-20-43)81-59(92)35-56(84-63(96)49(72)29-44-21-25-47(90)26-22-44)69(102)87-54(33-45-36-76-38-79-45)68(101)82-50(18-11-27-77-70(74)75)64(97)85-52(31-41-14-7-3-8-15-41)66(99)86-53(32-42-16-9-4-10-17-42)67(100)88-55(34-58(73)91)65(98)80-39/h2-10,12-17,19-26,36,38-39,48-57,89-90H,11,18,27-35,37,71-72H2,1H3,(H2,73,91)(H,76,79)(H,78,95)(H,80,98)(H,81,92)(H,82,101)(H,83,94)(H,84,96)(H,85,97)(H,86,99)(H,87,102)(H,88,100)(H4,74,75,77)/t39-,48-,49-,50-,51-,52-,53-,54-,55-,56-,57-/m0/s1. The van der Waals surface area contributed by atoms with Crippen LogP contribution in [0.15, 0.2) is 152 Å². The summed E-state index contributed by atoms with van der Waals surface area (Å²) in [5.74, 6) is -13.0. The van der Waals surface area contributed by atoms with Crippen molar-refractivity contribution in [3.63, 3.8) is 0 Å². The number of carbonyl (C=O) groups excluding carboxylic acids is 12. The quantitative estimate of drug-likeness (QED) is 0.0171. The van der Waals surface area contributed by atoms with Gasteiger partial charge in [-0.3, -0.25) is 62.9 Å². The highest BCUT2D eigenvalue weighted by molar-refractivity contribution is 6.02. The fourth-order valence-electron chi connectivity index (χ4n) is 10.9. The van der Waals surface area contributed by atoms with E-state index in [2.05, 4.69) is 68.5 Å². The van der Waals surface area contributed by atoms with E-state index in [1.165, 1.54) is 68.0 Å². The van der Waals surface area contributed by atoms with Gasteiger partial charge in [0.1, 0.15) is 59.8 Å². The zero-order valence-corrected chi connectivity index (χ0v) is 55.8. The molecule has 5 aromatic carbocycles. The number of H-pyrrole nitrogens is 1. The summed E-state index contributed by atoms with van der Waals surface area (Å²) in [4.78, 5) is 182.